The first-order valence-corrected chi connectivity index (χ1v) is 6.48. The van der Waals surface area contributed by atoms with Crippen molar-refractivity contribution in [3.05, 3.63) is 0 Å². The van der Waals surface area contributed by atoms with Crippen LogP contribution >= 0.6 is 12.4 Å². The number of nitrogens with zero attached hydrogens (tertiary/aromatic N) is 1. The second-order valence-corrected chi connectivity index (χ2v) is 5.88. The maximum absolute atomic E-state index is 11.7. The van der Waals surface area contributed by atoms with E-state index in [-0.39, 0.29) is 12.4 Å². The Hall–Kier alpha value is 0.160. The fourth-order valence-corrected chi connectivity index (χ4v) is 3.49. The van der Waals surface area contributed by atoms with Gasteiger partial charge in [0, 0.05) is 26.2 Å². The SMILES string of the molecule is Cl.O=S(=O)(CC1CC1)N1CCNCC1. The first kappa shape index (κ1) is 12.2. The van der Waals surface area contributed by atoms with Crippen LogP contribution in [-0.4, -0.2) is 44.7 Å². The molecule has 1 N–H and O–H groups in total. The number of hydrogen-bond donors (Lipinski definition) is 1. The van der Waals surface area contributed by atoms with E-state index < -0.39 is 10.0 Å². The van der Waals surface area contributed by atoms with Gasteiger partial charge in [0.2, 0.25) is 10.0 Å². The molecule has 0 unspecified atom stereocenters. The molecule has 0 aromatic carbocycles. The van der Waals surface area contributed by atoms with Crippen molar-refractivity contribution in [1.29, 1.82) is 0 Å². The molecule has 0 atom stereocenters. The zero-order valence-corrected chi connectivity index (χ0v) is 9.74. The van der Waals surface area contributed by atoms with Crippen LogP contribution in [-0.2, 0) is 10.0 Å². The molecule has 2 fully saturated rings. The molecule has 2 aliphatic rings. The van der Waals surface area contributed by atoms with Crippen LogP contribution in [0.25, 0.3) is 0 Å². The average Bonchev–Trinajstić information content (AvgIpc) is 2.89. The Morgan fingerprint density at radius 1 is 1.21 bits per heavy atom. The molecule has 0 aromatic heterocycles. The minimum Gasteiger partial charge on any atom is -0.314 e. The molecule has 14 heavy (non-hydrogen) atoms. The number of rotatable bonds is 3. The zero-order chi connectivity index (χ0) is 9.31. The molecule has 1 heterocycles. The average molecular weight is 241 g/mol. The molecule has 0 amide bonds. The van der Waals surface area contributed by atoms with Crippen molar-refractivity contribution in [3.8, 4) is 0 Å². The minimum absolute atomic E-state index is 0. The van der Waals surface area contributed by atoms with Crippen LogP contribution in [0.2, 0.25) is 0 Å². The largest absolute Gasteiger partial charge is 0.314 e. The van der Waals surface area contributed by atoms with Gasteiger partial charge in [0.1, 0.15) is 0 Å². The smallest absolute Gasteiger partial charge is 0.214 e. The van der Waals surface area contributed by atoms with Gasteiger partial charge in [-0.15, -0.1) is 12.4 Å². The number of hydrogen-bond acceptors (Lipinski definition) is 3. The Bertz CT molecular complexity index is 271. The second-order valence-electron chi connectivity index (χ2n) is 3.87. The maximum atomic E-state index is 11.7. The summed E-state index contributed by atoms with van der Waals surface area (Å²) < 4.78 is 25.1. The molecular formula is C8H17ClN2O2S. The summed E-state index contributed by atoms with van der Waals surface area (Å²) in [5.74, 6) is 0.840. The van der Waals surface area contributed by atoms with Crippen molar-refractivity contribution in [1.82, 2.24) is 9.62 Å². The van der Waals surface area contributed by atoms with E-state index in [1.54, 1.807) is 4.31 Å². The van der Waals surface area contributed by atoms with E-state index in [2.05, 4.69) is 5.32 Å². The normalized spacial score (nSPS) is 24.3. The number of nitrogens with one attached hydrogen (secondary N) is 1. The van der Waals surface area contributed by atoms with Crippen molar-refractivity contribution in [2.45, 2.75) is 12.8 Å². The molecule has 6 heteroatoms. The van der Waals surface area contributed by atoms with Crippen LogP contribution in [0.15, 0.2) is 0 Å². The summed E-state index contributed by atoms with van der Waals surface area (Å²) in [5.41, 5.74) is 0. The van der Waals surface area contributed by atoms with Crippen molar-refractivity contribution < 1.29 is 8.42 Å². The van der Waals surface area contributed by atoms with Gasteiger partial charge < -0.3 is 5.32 Å². The molecule has 0 radical (unpaired) electrons. The molecule has 0 bridgehead atoms. The Morgan fingerprint density at radius 3 is 2.29 bits per heavy atom. The summed E-state index contributed by atoms with van der Waals surface area (Å²) in [5, 5.41) is 3.15. The summed E-state index contributed by atoms with van der Waals surface area (Å²) in [7, 11) is -2.93. The molecule has 84 valence electrons. The lowest BCUT2D eigenvalue weighted by Gasteiger charge is -2.26. The molecule has 1 aliphatic carbocycles. The lowest BCUT2D eigenvalue weighted by Crippen LogP contribution is -2.47. The van der Waals surface area contributed by atoms with Crippen molar-refractivity contribution >= 4 is 22.4 Å². The third-order valence-corrected chi connectivity index (χ3v) is 4.66. The molecule has 0 spiro atoms. The fraction of sp³-hybridized carbons (Fsp3) is 1.00. The summed E-state index contributed by atoms with van der Waals surface area (Å²) in [4.78, 5) is 0. The van der Waals surface area contributed by atoms with Gasteiger partial charge in [-0.05, 0) is 18.8 Å². The van der Waals surface area contributed by atoms with E-state index in [0.717, 1.165) is 25.9 Å². The summed E-state index contributed by atoms with van der Waals surface area (Å²) in [6.07, 6.45) is 2.20. The third kappa shape index (κ3) is 3.08. The maximum Gasteiger partial charge on any atom is 0.214 e. The van der Waals surface area contributed by atoms with Crippen LogP contribution in [0.5, 0.6) is 0 Å². The van der Waals surface area contributed by atoms with Crippen molar-refractivity contribution in [2.24, 2.45) is 5.92 Å². The molecule has 1 saturated carbocycles. The molecule has 2 rings (SSSR count). The van der Waals surface area contributed by atoms with E-state index in [4.69, 9.17) is 0 Å². The topological polar surface area (TPSA) is 49.4 Å². The van der Waals surface area contributed by atoms with Gasteiger partial charge in [-0.25, -0.2) is 8.42 Å². The Balaban J connectivity index is 0.000000980. The Labute approximate surface area is 91.5 Å². The summed E-state index contributed by atoms with van der Waals surface area (Å²) >= 11 is 0. The van der Waals surface area contributed by atoms with Crippen LogP contribution in [0.4, 0.5) is 0 Å². The molecule has 0 aromatic rings. The standard InChI is InChI=1S/C8H16N2O2S.ClH/c11-13(12,7-8-1-2-8)10-5-3-9-4-6-10;/h8-9H,1-7H2;1H. The number of piperazine rings is 1. The minimum atomic E-state index is -2.93. The lowest BCUT2D eigenvalue weighted by atomic mass is 10.4. The van der Waals surface area contributed by atoms with Crippen LogP contribution in [0.1, 0.15) is 12.8 Å². The highest BCUT2D eigenvalue weighted by Gasteiger charge is 2.32. The molecule has 1 aliphatic heterocycles. The predicted molar refractivity (Wildman–Crippen MR) is 58.2 cm³/mol. The van der Waals surface area contributed by atoms with Crippen LogP contribution < -0.4 is 5.32 Å². The lowest BCUT2D eigenvalue weighted by molar-refractivity contribution is 0.359. The highest BCUT2D eigenvalue weighted by molar-refractivity contribution is 7.89. The van der Waals surface area contributed by atoms with Gasteiger partial charge in [0.05, 0.1) is 5.75 Å². The van der Waals surface area contributed by atoms with E-state index in [1.807, 2.05) is 0 Å². The van der Waals surface area contributed by atoms with Gasteiger partial charge in [0.25, 0.3) is 0 Å². The van der Waals surface area contributed by atoms with Gasteiger partial charge in [-0.1, -0.05) is 0 Å². The monoisotopic (exact) mass is 240 g/mol. The quantitative estimate of drug-likeness (QED) is 0.759. The number of halogens is 1. The Morgan fingerprint density at radius 2 is 1.79 bits per heavy atom. The van der Waals surface area contributed by atoms with Crippen LogP contribution in [0.3, 0.4) is 0 Å². The second kappa shape index (κ2) is 4.79. The molecular weight excluding hydrogens is 224 g/mol. The van der Waals surface area contributed by atoms with Crippen LogP contribution in [0, 0.1) is 5.92 Å². The summed E-state index contributed by atoms with van der Waals surface area (Å²) in [6, 6.07) is 0. The van der Waals surface area contributed by atoms with Gasteiger partial charge >= 0.3 is 0 Å². The van der Waals surface area contributed by atoms with Crippen molar-refractivity contribution in [2.75, 3.05) is 31.9 Å². The van der Waals surface area contributed by atoms with E-state index in [0.29, 0.717) is 24.8 Å². The first-order chi connectivity index (χ1) is 6.18. The summed E-state index contributed by atoms with van der Waals surface area (Å²) in [6.45, 7) is 2.89. The number of sulfonamides is 1. The van der Waals surface area contributed by atoms with Gasteiger partial charge in [-0.3, -0.25) is 0 Å². The molecule has 1 saturated heterocycles. The van der Waals surface area contributed by atoms with E-state index >= 15 is 0 Å². The van der Waals surface area contributed by atoms with E-state index in [9.17, 15) is 8.42 Å². The zero-order valence-electron chi connectivity index (χ0n) is 8.11. The highest BCUT2D eigenvalue weighted by atomic mass is 35.5. The van der Waals surface area contributed by atoms with Crippen molar-refractivity contribution in [3.63, 3.8) is 0 Å². The highest BCUT2D eigenvalue weighted by Crippen LogP contribution is 2.31. The third-order valence-electron chi connectivity index (χ3n) is 2.61. The van der Waals surface area contributed by atoms with Gasteiger partial charge in [0.15, 0.2) is 0 Å². The van der Waals surface area contributed by atoms with Gasteiger partial charge in [-0.2, -0.15) is 4.31 Å². The first-order valence-electron chi connectivity index (χ1n) is 4.87. The van der Waals surface area contributed by atoms with E-state index in [1.165, 1.54) is 0 Å². The predicted octanol–water partition coefficient (Wildman–Crippen LogP) is 0.0532. The Kier molecular flexibility index (Phi) is 4.18. The molecule has 4 nitrogen and oxygen atoms in total. The fourth-order valence-electron chi connectivity index (χ4n) is 1.61.